The second-order valence-corrected chi connectivity index (χ2v) is 14.5. The van der Waals surface area contributed by atoms with E-state index >= 15 is 0 Å². The molecule has 12 N–H and O–H groups in total. The van der Waals surface area contributed by atoms with Crippen LogP contribution in [0.3, 0.4) is 0 Å². The van der Waals surface area contributed by atoms with Gasteiger partial charge in [-0.25, -0.2) is 0 Å². The summed E-state index contributed by atoms with van der Waals surface area (Å²) in [6.45, 7) is -1.53. The molecule has 0 bridgehead atoms. The molecule has 306 valence electrons. The number of terminal acetylenes is 1. The monoisotopic (exact) mass is 1110 g/mol. The molecular formula is C37H47I3O15. The minimum absolute atomic E-state index is 0. The summed E-state index contributed by atoms with van der Waals surface area (Å²) in [5.41, 5.74) is 1.08. The van der Waals surface area contributed by atoms with Crippen LogP contribution in [0.15, 0.2) is 48.5 Å². The molecule has 0 saturated carbocycles. The van der Waals surface area contributed by atoms with Gasteiger partial charge in [0.05, 0.1) is 19.8 Å². The highest BCUT2D eigenvalue weighted by atomic mass is 127. The number of ether oxygens (including phenoxy) is 3. The van der Waals surface area contributed by atoms with Crippen LogP contribution < -0.4 is 0 Å². The topological polar surface area (TPSA) is 270 Å². The number of aliphatic hydroxyl groups is 12. The molecule has 0 radical (unpaired) electrons. The number of benzene rings is 2. The summed E-state index contributed by atoms with van der Waals surface area (Å²) >= 11 is 4.59. The fourth-order valence-electron chi connectivity index (χ4n) is 5.06. The minimum atomic E-state index is -1.50. The molecule has 18 heteroatoms. The molecule has 0 unspecified atom stereocenters. The molecule has 3 aliphatic heterocycles. The average molecular weight is 1110 g/mol. The molecule has 2 aromatic rings. The van der Waals surface area contributed by atoms with Crippen LogP contribution in [0.25, 0.3) is 0 Å². The zero-order valence-electron chi connectivity index (χ0n) is 28.2. The number of hydrogen-bond acceptors (Lipinski definition) is 15. The van der Waals surface area contributed by atoms with Gasteiger partial charge in [0.1, 0.15) is 91.6 Å². The zero-order valence-corrected chi connectivity index (χ0v) is 34.9. The first-order chi connectivity index (χ1) is 25.2. The first kappa shape index (κ1) is 51.7. The van der Waals surface area contributed by atoms with Crippen molar-refractivity contribution in [3.05, 3.63) is 66.8 Å². The highest BCUT2D eigenvalue weighted by Gasteiger charge is 2.44. The predicted molar refractivity (Wildman–Crippen MR) is 224 cm³/mol. The first-order valence-electron chi connectivity index (χ1n) is 16.1. The van der Waals surface area contributed by atoms with Crippen LogP contribution in [0.5, 0.6) is 0 Å². The molecule has 0 aromatic heterocycles. The molecule has 2 aromatic carbocycles. The van der Waals surface area contributed by atoms with Gasteiger partial charge in [-0.1, -0.05) is 37.0 Å². The summed E-state index contributed by atoms with van der Waals surface area (Å²) in [4.78, 5) is 0. The van der Waals surface area contributed by atoms with Gasteiger partial charge in [0.15, 0.2) is 0 Å². The molecule has 3 aliphatic rings. The van der Waals surface area contributed by atoms with E-state index in [-0.39, 0.29) is 31.4 Å². The average Bonchev–Trinajstić information content (AvgIpc) is 3.17. The molecular weight excluding hydrogens is 1070 g/mol. The smallest absolute Gasteiger partial charge is 0.147 e. The van der Waals surface area contributed by atoms with Gasteiger partial charge < -0.3 is 75.5 Å². The third-order valence-corrected chi connectivity index (χ3v) is 9.69. The van der Waals surface area contributed by atoms with Crippen LogP contribution >= 0.6 is 69.2 Å². The molecule has 15 nitrogen and oxygen atoms in total. The van der Waals surface area contributed by atoms with Crippen molar-refractivity contribution in [2.45, 2.75) is 99.0 Å². The van der Waals surface area contributed by atoms with Gasteiger partial charge in [-0.3, -0.25) is 0 Å². The molecule has 3 saturated heterocycles. The lowest BCUT2D eigenvalue weighted by atomic mass is 9.95. The van der Waals surface area contributed by atoms with Crippen molar-refractivity contribution < 1.29 is 75.5 Å². The van der Waals surface area contributed by atoms with Gasteiger partial charge in [-0.05, 0) is 93.7 Å². The Hall–Kier alpha value is -1.29. The Morgan fingerprint density at radius 1 is 0.473 bits per heavy atom. The van der Waals surface area contributed by atoms with E-state index in [1.807, 2.05) is 0 Å². The van der Waals surface area contributed by atoms with E-state index in [0.29, 0.717) is 11.1 Å². The van der Waals surface area contributed by atoms with Crippen molar-refractivity contribution in [1.82, 2.24) is 0 Å². The van der Waals surface area contributed by atoms with Crippen molar-refractivity contribution in [2.24, 2.45) is 0 Å². The van der Waals surface area contributed by atoms with E-state index < -0.39 is 111 Å². The van der Waals surface area contributed by atoms with E-state index in [1.54, 1.807) is 24.3 Å². The summed E-state index contributed by atoms with van der Waals surface area (Å²) in [6, 6.07) is 14.9. The van der Waals surface area contributed by atoms with Crippen LogP contribution in [-0.2, 0) is 14.2 Å². The van der Waals surface area contributed by atoms with Gasteiger partial charge in [0.25, 0.3) is 0 Å². The zero-order chi connectivity index (χ0) is 39.4. The third kappa shape index (κ3) is 14.5. The van der Waals surface area contributed by atoms with E-state index in [9.17, 15) is 56.2 Å². The molecule has 55 heavy (non-hydrogen) atoms. The Balaban J connectivity index is 0.000000538. The molecule has 15 atom stereocenters. The first-order valence-corrected chi connectivity index (χ1v) is 18.2. The van der Waals surface area contributed by atoms with E-state index in [4.69, 9.17) is 25.7 Å². The summed E-state index contributed by atoms with van der Waals surface area (Å²) in [5, 5.41) is 114. The molecule has 3 fully saturated rings. The summed E-state index contributed by atoms with van der Waals surface area (Å²) in [6.07, 6.45) is -14.0. The molecule has 0 spiro atoms. The van der Waals surface area contributed by atoms with Crippen molar-refractivity contribution in [3.8, 4) is 36.0 Å². The summed E-state index contributed by atoms with van der Waals surface area (Å²) in [7, 11) is 0. The Morgan fingerprint density at radius 2 is 0.745 bits per heavy atom. The lowest BCUT2D eigenvalue weighted by molar-refractivity contribution is -0.214. The Bertz CT molecular complexity index is 1490. The van der Waals surface area contributed by atoms with Crippen LogP contribution in [0, 0.1) is 43.2 Å². The van der Waals surface area contributed by atoms with E-state index in [2.05, 4.69) is 99.0 Å². The Labute approximate surface area is 363 Å². The number of rotatable bonds is 3. The number of halogens is 3. The van der Waals surface area contributed by atoms with Crippen LogP contribution in [0.1, 0.15) is 18.6 Å². The fourth-order valence-corrected chi connectivity index (χ4v) is 5.78. The molecule has 5 rings (SSSR count). The number of hydrogen-bond donors (Lipinski definition) is 12. The van der Waals surface area contributed by atoms with Gasteiger partial charge in [0.2, 0.25) is 0 Å². The van der Waals surface area contributed by atoms with E-state index in [0.717, 1.165) is 0 Å². The fraction of sp³-hybridized carbons (Fsp3) is 0.514. The van der Waals surface area contributed by atoms with Gasteiger partial charge in [-0.2, -0.15) is 0 Å². The van der Waals surface area contributed by atoms with Crippen LogP contribution in [-0.4, -0.2) is 173 Å². The Morgan fingerprint density at radius 3 is 1.02 bits per heavy atom. The second-order valence-electron chi connectivity index (χ2n) is 12.0. The molecule has 0 amide bonds. The normalized spacial score (nSPS) is 35.0. The van der Waals surface area contributed by atoms with Gasteiger partial charge >= 0.3 is 0 Å². The third-order valence-electron chi connectivity index (χ3n) is 8.25. The summed E-state index contributed by atoms with van der Waals surface area (Å²) in [5.74, 6) is 13.0. The lowest BCUT2D eigenvalue weighted by Crippen LogP contribution is -2.58. The standard InChI is InChI=1S/C22H26O10.C8H12O5.C6H4I2.CH4.HI/c23-9-15-19(27)21(29)17(25)13(31-15)7-5-11-1-2-12(4-3-11)6-8-14-18(26)22(30)20(28)16(10-24)32-14;1-2-4-6(10)8(12)7(11)5(3-9)13-4;7-5-1-2-6(8)4-3-5;;/h1-4,13-30H,9-10H2;1,4-12H,3H2;1-4H;1H4;1H/t13-,14-,15-,16-,17-,18-,19-,20-,21-,22-;4-,5-,6-,7-,8-;;;/m11.../s1. The molecule has 3 heterocycles. The van der Waals surface area contributed by atoms with Crippen molar-refractivity contribution >= 4 is 69.2 Å². The lowest BCUT2D eigenvalue weighted by Gasteiger charge is -2.37. The summed E-state index contributed by atoms with van der Waals surface area (Å²) < 4.78 is 18.2. The molecule has 0 aliphatic carbocycles. The van der Waals surface area contributed by atoms with Gasteiger partial charge in [-0.15, -0.1) is 30.4 Å². The quantitative estimate of drug-likeness (QED) is 0.114. The highest BCUT2D eigenvalue weighted by Crippen LogP contribution is 2.23. The minimum Gasteiger partial charge on any atom is -0.394 e. The highest BCUT2D eigenvalue weighted by molar-refractivity contribution is 14.1. The largest absolute Gasteiger partial charge is 0.394 e. The van der Waals surface area contributed by atoms with Crippen LogP contribution in [0.2, 0.25) is 0 Å². The van der Waals surface area contributed by atoms with Gasteiger partial charge in [0, 0.05) is 18.3 Å². The maximum atomic E-state index is 10.0. The van der Waals surface area contributed by atoms with Crippen molar-refractivity contribution in [2.75, 3.05) is 19.8 Å². The SMILES string of the molecule is C.C#C[C@H]1O[C@H](CO)[C@@H](O)[C@H](O)[C@@H]1O.I.Ic1ccc(I)cc1.OC[C@H]1O[C@H](C#Cc2ccc(C#C[C@H]3O[C@H](CO)[C@@H](O)[C@H](O)[C@@H]3O)cc2)[C@@H](O)[C@@H](O)[C@@H]1O. The van der Waals surface area contributed by atoms with Crippen LogP contribution in [0.4, 0.5) is 0 Å². The maximum absolute atomic E-state index is 10.0. The van der Waals surface area contributed by atoms with Crippen molar-refractivity contribution in [3.63, 3.8) is 0 Å². The predicted octanol–water partition coefficient (Wildman–Crippen LogP) is -2.31. The second kappa shape index (κ2) is 25.3. The van der Waals surface area contributed by atoms with Crippen molar-refractivity contribution in [1.29, 1.82) is 0 Å². The number of aliphatic hydroxyl groups excluding tert-OH is 12. The Kier molecular flexibility index (Phi) is 23.7. The van der Waals surface area contributed by atoms with E-state index in [1.165, 1.54) is 7.14 Å². The maximum Gasteiger partial charge on any atom is 0.147 e.